The first kappa shape index (κ1) is 13.5. The van der Waals surface area contributed by atoms with E-state index >= 15 is 0 Å². The van der Waals surface area contributed by atoms with Gasteiger partial charge in [0.1, 0.15) is 5.69 Å². The van der Waals surface area contributed by atoms with Crippen molar-refractivity contribution < 1.29 is 4.92 Å². The number of anilines is 1. The number of aromatic nitrogens is 1. The van der Waals surface area contributed by atoms with E-state index in [1.807, 2.05) is 25.1 Å². The van der Waals surface area contributed by atoms with Crippen molar-refractivity contribution in [3.05, 3.63) is 62.4 Å². The van der Waals surface area contributed by atoms with Gasteiger partial charge in [0.05, 0.1) is 17.2 Å². The van der Waals surface area contributed by atoms with Crippen LogP contribution in [-0.4, -0.2) is 9.91 Å². The van der Waals surface area contributed by atoms with Crippen molar-refractivity contribution in [2.24, 2.45) is 0 Å². The number of nitro groups is 1. The molecule has 6 heteroatoms. The Morgan fingerprint density at radius 1 is 1.37 bits per heavy atom. The number of aryl methyl sites for hydroxylation is 1. The van der Waals surface area contributed by atoms with Crippen molar-refractivity contribution in [2.45, 2.75) is 13.5 Å². The van der Waals surface area contributed by atoms with Crippen molar-refractivity contribution in [2.75, 3.05) is 5.32 Å². The molecule has 0 fully saturated rings. The lowest BCUT2D eigenvalue weighted by molar-refractivity contribution is -0.384. The first-order valence-corrected chi connectivity index (χ1v) is 6.46. The molecule has 1 heterocycles. The molecule has 2 aromatic rings. The number of nitrogens with zero attached hydrogens (tertiary/aromatic N) is 2. The number of rotatable bonds is 4. The third-order valence-corrected chi connectivity index (χ3v) is 3.06. The van der Waals surface area contributed by atoms with Gasteiger partial charge in [-0.3, -0.25) is 15.1 Å². The minimum absolute atomic E-state index is 0.0435. The number of pyridine rings is 1. The van der Waals surface area contributed by atoms with E-state index in [1.165, 1.54) is 6.07 Å². The van der Waals surface area contributed by atoms with Crippen LogP contribution in [0.2, 0.25) is 0 Å². The Morgan fingerprint density at radius 3 is 2.84 bits per heavy atom. The lowest BCUT2D eigenvalue weighted by atomic mass is 10.2. The van der Waals surface area contributed by atoms with Crippen LogP contribution < -0.4 is 5.32 Å². The van der Waals surface area contributed by atoms with Crippen molar-refractivity contribution >= 4 is 27.3 Å². The monoisotopic (exact) mass is 321 g/mol. The molecule has 1 N–H and O–H groups in total. The molecule has 5 nitrogen and oxygen atoms in total. The number of hydrogen-bond acceptors (Lipinski definition) is 4. The second-order valence-electron chi connectivity index (χ2n) is 4.04. The van der Waals surface area contributed by atoms with Crippen LogP contribution in [-0.2, 0) is 6.54 Å². The second-order valence-corrected chi connectivity index (χ2v) is 4.96. The maximum atomic E-state index is 11.0. The van der Waals surface area contributed by atoms with E-state index in [1.54, 1.807) is 12.1 Å². The molecule has 2 rings (SSSR count). The molecule has 0 radical (unpaired) electrons. The molecule has 0 aliphatic heterocycles. The molecule has 1 aromatic carbocycles. The zero-order valence-corrected chi connectivity index (χ0v) is 11.8. The molecule has 0 atom stereocenters. The van der Waals surface area contributed by atoms with Gasteiger partial charge in [0, 0.05) is 16.2 Å². The molecule has 0 aliphatic rings. The van der Waals surface area contributed by atoms with E-state index in [0.29, 0.717) is 16.7 Å². The zero-order valence-electron chi connectivity index (χ0n) is 10.3. The van der Waals surface area contributed by atoms with Gasteiger partial charge in [-0.2, -0.15) is 0 Å². The molecule has 19 heavy (non-hydrogen) atoms. The Labute approximate surface area is 119 Å². The summed E-state index contributed by atoms with van der Waals surface area (Å²) in [4.78, 5) is 14.9. The van der Waals surface area contributed by atoms with Gasteiger partial charge in [-0.15, -0.1) is 0 Å². The maximum absolute atomic E-state index is 11.0. The van der Waals surface area contributed by atoms with E-state index in [0.717, 1.165) is 11.4 Å². The normalized spacial score (nSPS) is 10.2. The molecule has 0 unspecified atom stereocenters. The second kappa shape index (κ2) is 5.79. The highest BCUT2D eigenvalue weighted by Crippen LogP contribution is 2.28. The van der Waals surface area contributed by atoms with Gasteiger partial charge < -0.3 is 5.32 Å². The van der Waals surface area contributed by atoms with Crippen LogP contribution >= 0.6 is 15.9 Å². The molecular formula is C13H12BrN3O2. The topological polar surface area (TPSA) is 68.1 Å². The Hall–Kier alpha value is -1.95. The van der Waals surface area contributed by atoms with Gasteiger partial charge in [-0.25, -0.2) is 0 Å². The first-order chi connectivity index (χ1) is 9.06. The van der Waals surface area contributed by atoms with E-state index in [-0.39, 0.29) is 5.69 Å². The summed E-state index contributed by atoms with van der Waals surface area (Å²) in [5.41, 5.74) is 2.29. The summed E-state index contributed by atoms with van der Waals surface area (Å²) in [6.45, 7) is 2.36. The maximum Gasteiger partial charge on any atom is 0.293 e. The SMILES string of the molecule is Cc1cccc(CNc2ccc(Br)cc2[N+](=O)[O-])n1. The van der Waals surface area contributed by atoms with Crippen LogP contribution in [0.5, 0.6) is 0 Å². The average molecular weight is 322 g/mol. The smallest absolute Gasteiger partial charge is 0.293 e. The van der Waals surface area contributed by atoms with E-state index in [2.05, 4.69) is 26.2 Å². The summed E-state index contributed by atoms with van der Waals surface area (Å²) in [6.07, 6.45) is 0. The summed E-state index contributed by atoms with van der Waals surface area (Å²) in [5, 5.41) is 14.0. The van der Waals surface area contributed by atoms with Crippen molar-refractivity contribution in [1.82, 2.24) is 4.98 Å². The van der Waals surface area contributed by atoms with Crippen LogP contribution in [0.3, 0.4) is 0 Å². The average Bonchev–Trinajstić information content (AvgIpc) is 2.37. The van der Waals surface area contributed by atoms with E-state index in [4.69, 9.17) is 0 Å². The third-order valence-electron chi connectivity index (χ3n) is 2.56. The summed E-state index contributed by atoms with van der Waals surface area (Å²) < 4.78 is 0.679. The van der Waals surface area contributed by atoms with Gasteiger partial charge >= 0.3 is 0 Å². The van der Waals surface area contributed by atoms with Gasteiger partial charge in [-0.05, 0) is 31.2 Å². The van der Waals surface area contributed by atoms with Crippen molar-refractivity contribution in [3.8, 4) is 0 Å². The summed E-state index contributed by atoms with van der Waals surface area (Å²) in [7, 11) is 0. The van der Waals surface area contributed by atoms with E-state index < -0.39 is 4.92 Å². The molecule has 98 valence electrons. The van der Waals surface area contributed by atoms with Crippen LogP contribution in [0.15, 0.2) is 40.9 Å². The van der Waals surface area contributed by atoms with E-state index in [9.17, 15) is 10.1 Å². The Kier molecular flexibility index (Phi) is 4.11. The lowest BCUT2D eigenvalue weighted by Gasteiger charge is -2.07. The van der Waals surface area contributed by atoms with Gasteiger partial charge in [-0.1, -0.05) is 22.0 Å². The van der Waals surface area contributed by atoms with Gasteiger partial charge in [0.2, 0.25) is 0 Å². The number of hydrogen-bond donors (Lipinski definition) is 1. The molecule has 1 aromatic heterocycles. The van der Waals surface area contributed by atoms with Crippen LogP contribution in [0.25, 0.3) is 0 Å². The quantitative estimate of drug-likeness (QED) is 0.689. The largest absolute Gasteiger partial charge is 0.374 e. The Bertz CT molecular complexity index is 617. The molecule has 0 saturated heterocycles. The fourth-order valence-corrected chi connectivity index (χ4v) is 2.04. The van der Waals surface area contributed by atoms with Crippen molar-refractivity contribution in [3.63, 3.8) is 0 Å². The first-order valence-electron chi connectivity index (χ1n) is 5.66. The minimum Gasteiger partial charge on any atom is -0.374 e. The minimum atomic E-state index is -0.406. The molecule has 0 spiro atoms. The van der Waals surface area contributed by atoms with Crippen LogP contribution in [0.1, 0.15) is 11.4 Å². The summed E-state index contributed by atoms with van der Waals surface area (Å²) >= 11 is 3.23. The molecule has 0 aliphatic carbocycles. The highest BCUT2D eigenvalue weighted by molar-refractivity contribution is 9.10. The van der Waals surface area contributed by atoms with Crippen molar-refractivity contribution in [1.29, 1.82) is 0 Å². The number of nitro benzene ring substituents is 1. The number of halogens is 1. The van der Waals surface area contributed by atoms with Crippen LogP contribution in [0, 0.1) is 17.0 Å². The zero-order chi connectivity index (χ0) is 13.8. The third kappa shape index (κ3) is 3.51. The number of nitrogens with one attached hydrogen (secondary N) is 1. The highest BCUT2D eigenvalue weighted by Gasteiger charge is 2.13. The molecular weight excluding hydrogens is 310 g/mol. The van der Waals surface area contributed by atoms with Crippen LogP contribution in [0.4, 0.5) is 11.4 Å². The molecule has 0 saturated carbocycles. The predicted octanol–water partition coefficient (Wildman–Crippen LogP) is 3.67. The molecule has 0 bridgehead atoms. The summed E-state index contributed by atoms with van der Waals surface area (Å²) in [6, 6.07) is 10.6. The standard InChI is InChI=1S/C13H12BrN3O2/c1-9-3-2-4-11(16-9)8-15-12-6-5-10(14)7-13(12)17(18)19/h2-7,15H,8H2,1H3. The fraction of sp³-hybridized carbons (Fsp3) is 0.154. The highest BCUT2D eigenvalue weighted by atomic mass is 79.9. The Balaban J connectivity index is 2.17. The summed E-state index contributed by atoms with van der Waals surface area (Å²) in [5.74, 6) is 0. The van der Waals surface area contributed by atoms with Gasteiger partial charge in [0.25, 0.3) is 5.69 Å². The molecule has 0 amide bonds. The predicted molar refractivity (Wildman–Crippen MR) is 77.1 cm³/mol. The lowest BCUT2D eigenvalue weighted by Crippen LogP contribution is -2.04. The Morgan fingerprint density at radius 2 is 2.16 bits per heavy atom. The number of benzene rings is 1. The fourth-order valence-electron chi connectivity index (χ4n) is 1.69. The van der Waals surface area contributed by atoms with Gasteiger partial charge in [0.15, 0.2) is 0 Å².